The Hall–Kier alpha value is -1.91. The van der Waals surface area contributed by atoms with E-state index >= 15 is 0 Å². The van der Waals surface area contributed by atoms with Gasteiger partial charge in [-0.1, -0.05) is 11.8 Å². The van der Waals surface area contributed by atoms with Gasteiger partial charge in [-0.15, -0.1) is 0 Å². The van der Waals surface area contributed by atoms with Gasteiger partial charge in [-0.3, -0.25) is 4.79 Å². The maximum Gasteiger partial charge on any atom is 0.143 e. The van der Waals surface area contributed by atoms with Gasteiger partial charge in [0.1, 0.15) is 6.29 Å². The molecule has 0 bridgehead atoms. The number of aldehydes is 1. The Morgan fingerprint density at radius 3 is 2.45 bits per heavy atom. The molecule has 1 nitrogen and oxygen atoms in total. The lowest BCUT2D eigenvalue weighted by Crippen LogP contribution is -1.56. The standard InChI is InChI=1S/C10H6O/c1-2-3-4-5-6-7-8-9-10-11/h8-10H,1H3/b9-8+. The van der Waals surface area contributed by atoms with Gasteiger partial charge in [-0.05, 0) is 42.8 Å². The molecule has 11 heavy (non-hydrogen) atoms. The summed E-state index contributed by atoms with van der Waals surface area (Å²) in [6.45, 7) is 1.70. The Kier molecular flexibility index (Phi) is 6.69. The summed E-state index contributed by atoms with van der Waals surface area (Å²) in [4.78, 5) is 9.73. The maximum atomic E-state index is 9.73. The van der Waals surface area contributed by atoms with Crippen molar-refractivity contribution in [2.75, 3.05) is 0 Å². The second-order valence-corrected chi connectivity index (χ2v) is 1.39. The molecule has 1 heteroatoms. The number of allylic oxidation sites excluding steroid dienone is 2. The molecule has 0 aromatic rings. The highest BCUT2D eigenvalue weighted by Gasteiger charge is 1.57. The van der Waals surface area contributed by atoms with Crippen LogP contribution in [-0.4, -0.2) is 6.29 Å². The Bertz CT molecular complexity index is 315. The van der Waals surface area contributed by atoms with E-state index in [1.165, 1.54) is 12.2 Å². The number of hydrogen-bond donors (Lipinski definition) is 0. The Labute approximate surface area is 66.5 Å². The van der Waals surface area contributed by atoms with Crippen molar-refractivity contribution < 1.29 is 4.79 Å². The summed E-state index contributed by atoms with van der Waals surface area (Å²) < 4.78 is 0. The Morgan fingerprint density at radius 1 is 1.09 bits per heavy atom. The molecule has 52 valence electrons. The summed E-state index contributed by atoms with van der Waals surface area (Å²) in [5.74, 6) is 15.2. The summed E-state index contributed by atoms with van der Waals surface area (Å²) in [5, 5.41) is 0. The van der Waals surface area contributed by atoms with Gasteiger partial charge in [-0.25, -0.2) is 0 Å². The molecular weight excluding hydrogens is 136 g/mol. The molecule has 0 aliphatic heterocycles. The van der Waals surface area contributed by atoms with Gasteiger partial charge in [0, 0.05) is 0 Å². The van der Waals surface area contributed by atoms with Crippen molar-refractivity contribution in [3.05, 3.63) is 12.2 Å². The topological polar surface area (TPSA) is 17.1 Å². The molecule has 0 atom stereocenters. The van der Waals surface area contributed by atoms with Gasteiger partial charge in [0.25, 0.3) is 0 Å². The third-order valence-electron chi connectivity index (χ3n) is 0.643. The molecule has 0 saturated carbocycles. The van der Waals surface area contributed by atoms with E-state index in [1.807, 2.05) is 0 Å². The number of carbonyl (C=O) groups excluding carboxylic acids is 1. The van der Waals surface area contributed by atoms with E-state index in [9.17, 15) is 4.79 Å². The molecule has 0 heterocycles. The fourth-order valence-electron chi connectivity index (χ4n) is 0.290. The van der Waals surface area contributed by atoms with E-state index < -0.39 is 0 Å². The van der Waals surface area contributed by atoms with Crippen LogP contribution in [0.25, 0.3) is 0 Å². The molecule has 0 N–H and O–H groups in total. The molecule has 0 rings (SSSR count). The van der Waals surface area contributed by atoms with Crippen molar-refractivity contribution in [1.29, 1.82) is 0 Å². The van der Waals surface area contributed by atoms with E-state index in [2.05, 4.69) is 35.5 Å². The SMILES string of the molecule is CC#CC#CC#C/C=C/C=O. The van der Waals surface area contributed by atoms with Gasteiger partial charge in [0.15, 0.2) is 0 Å². The van der Waals surface area contributed by atoms with Crippen LogP contribution in [0.3, 0.4) is 0 Å². The van der Waals surface area contributed by atoms with Crippen LogP contribution in [-0.2, 0) is 4.79 Å². The molecule has 0 spiro atoms. The van der Waals surface area contributed by atoms with Crippen LogP contribution in [0, 0.1) is 35.5 Å². The Morgan fingerprint density at radius 2 is 1.82 bits per heavy atom. The zero-order chi connectivity index (χ0) is 8.36. The molecule has 0 saturated heterocycles. The minimum Gasteiger partial charge on any atom is -0.299 e. The average Bonchev–Trinajstić information content (AvgIpc) is 2.03. The lowest BCUT2D eigenvalue weighted by Gasteiger charge is -1.58. The fraction of sp³-hybridized carbons (Fsp3) is 0.100. The first-order valence-corrected chi connectivity index (χ1v) is 2.94. The molecule has 0 aliphatic carbocycles. The summed E-state index contributed by atoms with van der Waals surface area (Å²) >= 11 is 0. The van der Waals surface area contributed by atoms with E-state index in [0.717, 1.165) is 0 Å². The molecule has 0 amide bonds. The molecule has 0 aromatic carbocycles. The highest BCUT2D eigenvalue weighted by Crippen LogP contribution is 1.61. The van der Waals surface area contributed by atoms with Gasteiger partial charge in [-0.2, -0.15) is 0 Å². The molecule has 0 aliphatic rings. The van der Waals surface area contributed by atoms with Gasteiger partial charge >= 0.3 is 0 Å². The smallest absolute Gasteiger partial charge is 0.143 e. The number of hydrogen-bond acceptors (Lipinski definition) is 1. The number of rotatable bonds is 1. The first kappa shape index (κ1) is 9.09. The predicted molar refractivity (Wildman–Crippen MR) is 44.2 cm³/mol. The van der Waals surface area contributed by atoms with E-state index in [4.69, 9.17) is 0 Å². The Balaban J connectivity index is 3.90. The number of carbonyl (C=O) groups is 1. The average molecular weight is 142 g/mol. The van der Waals surface area contributed by atoms with Crippen LogP contribution in [0.1, 0.15) is 6.92 Å². The van der Waals surface area contributed by atoms with Crippen molar-refractivity contribution in [3.8, 4) is 35.5 Å². The van der Waals surface area contributed by atoms with Gasteiger partial charge in [0.2, 0.25) is 0 Å². The van der Waals surface area contributed by atoms with Gasteiger partial charge < -0.3 is 0 Å². The first-order valence-electron chi connectivity index (χ1n) is 2.94. The summed E-state index contributed by atoms with van der Waals surface area (Å²) in [5.41, 5.74) is 0. The van der Waals surface area contributed by atoms with Crippen LogP contribution in [0.5, 0.6) is 0 Å². The van der Waals surface area contributed by atoms with Crippen LogP contribution in [0.4, 0.5) is 0 Å². The first-order chi connectivity index (χ1) is 5.41. The van der Waals surface area contributed by atoms with Crippen molar-refractivity contribution in [2.24, 2.45) is 0 Å². The summed E-state index contributed by atoms with van der Waals surface area (Å²) in [6, 6.07) is 0. The molecule has 0 fully saturated rings. The van der Waals surface area contributed by atoms with Crippen LogP contribution < -0.4 is 0 Å². The van der Waals surface area contributed by atoms with E-state index in [-0.39, 0.29) is 0 Å². The quantitative estimate of drug-likeness (QED) is 0.300. The largest absolute Gasteiger partial charge is 0.299 e. The highest BCUT2D eigenvalue weighted by molar-refractivity contribution is 5.65. The second-order valence-electron chi connectivity index (χ2n) is 1.39. The lowest BCUT2D eigenvalue weighted by atomic mass is 10.5. The minimum absolute atomic E-state index is 0.661. The predicted octanol–water partition coefficient (Wildman–Crippen LogP) is 0.772. The fourth-order valence-corrected chi connectivity index (χ4v) is 0.290. The molecule has 0 unspecified atom stereocenters. The maximum absolute atomic E-state index is 9.73. The van der Waals surface area contributed by atoms with Crippen molar-refractivity contribution >= 4 is 6.29 Å². The minimum atomic E-state index is 0.661. The van der Waals surface area contributed by atoms with Gasteiger partial charge in [0.05, 0.1) is 0 Å². The molecule has 0 radical (unpaired) electrons. The zero-order valence-corrected chi connectivity index (χ0v) is 6.14. The monoisotopic (exact) mass is 142 g/mol. The molecule has 0 aromatic heterocycles. The van der Waals surface area contributed by atoms with Crippen molar-refractivity contribution in [1.82, 2.24) is 0 Å². The third-order valence-corrected chi connectivity index (χ3v) is 0.643. The lowest BCUT2D eigenvalue weighted by molar-refractivity contribution is -0.104. The van der Waals surface area contributed by atoms with Crippen LogP contribution in [0.2, 0.25) is 0 Å². The molecular formula is C10H6O. The van der Waals surface area contributed by atoms with Crippen LogP contribution in [0.15, 0.2) is 12.2 Å². The van der Waals surface area contributed by atoms with Crippen molar-refractivity contribution in [3.63, 3.8) is 0 Å². The third kappa shape index (κ3) is 8.09. The van der Waals surface area contributed by atoms with E-state index in [0.29, 0.717) is 6.29 Å². The van der Waals surface area contributed by atoms with E-state index in [1.54, 1.807) is 6.92 Å². The normalized spacial score (nSPS) is 6.27. The van der Waals surface area contributed by atoms with Crippen molar-refractivity contribution in [2.45, 2.75) is 6.92 Å². The highest BCUT2D eigenvalue weighted by atomic mass is 16.1. The second kappa shape index (κ2) is 8.09. The zero-order valence-electron chi connectivity index (χ0n) is 6.14. The summed E-state index contributed by atoms with van der Waals surface area (Å²) in [7, 11) is 0. The summed E-state index contributed by atoms with van der Waals surface area (Å²) in [6.07, 6.45) is 3.40. The van der Waals surface area contributed by atoms with Crippen LogP contribution >= 0.6 is 0 Å².